The fourth-order valence-electron chi connectivity index (χ4n) is 1.71. The van der Waals surface area contributed by atoms with Crippen LogP contribution in [0.5, 0.6) is 0 Å². The van der Waals surface area contributed by atoms with E-state index in [0.717, 1.165) is 0 Å². The highest BCUT2D eigenvalue weighted by molar-refractivity contribution is 5.43. The zero-order chi connectivity index (χ0) is 12.0. The third-order valence-electron chi connectivity index (χ3n) is 2.44. The summed E-state index contributed by atoms with van der Waals surface area (Å²) in [4.78, 5) is 0. The Balaban J connectivity index is 0.000000606. The molecule has 0 aliphatic heterocycles. The van der Waals surface area contributed by atoms with Crippen LogP contribution in [0.3, 0.4) is 0 Å². The van der Waals surface area contributed by atoms with E-state index < -0.39 is 0 Å². The molecule has 0 unspecified atom stereocenters. The summed E-state index contributed by atoms with van der Waals surface area (Å²) >= 11 is 0. The van der Waals surface area contributed by atoms with Crippen molar-refractivity contribution in [1.82, 2.24) is 4.57 Å². The fourth-order valence-corrected chi connectivity index (χ4v) is 1.71. The van der Waals surface area contributed by atoms with Crippen molar-refractivity contribution < 1.29 is 0 Å². The Morgan fingerprint density at radius 3 is 2.00 bits per heavy atom. The number of para-hydroxylation sites is 1. The van der Waals surface area contributed by atoms with Crippen molar-refractivity contribution in [2.45, 2.75) is 33.6 Å². The van der Waals surface area contributed by atoms with Gasteiger partial charge in [0, 0.05) is 18.1 Å². The standard InChI is InChI=1S/C13H15N.C2H6/c1-11(2)12-7-3-4-8-13(12)14-9-5-6-10-14;1-2/h3-11H,1-2H3;1-2H3. The number of hydrogen-bond donors (Lipinski definition) is 0. The summed E-state index contributed by atoms with van der Waals surface area (Å²) in [6.07, 6.45) is 4.17. The lowest BCUT2D eigenvalue weighted by atomic mass is 10.0. The molecule has 1 heterocycles. The van der Waals surface area contributed by atoms with Gasteiger partial charge in [0.1, 0.15) is 0 Å². The Labute approximate surface area is 98.7 Å². The molecule has 0 aliphatic carbocycles. The zero-order valence-electron chi connectivity index (χ0n) is 10.6. The predicted octanol–water partition coefficient (Wildman–Crippen LogP) is 4.63. The molecule has 1 aromatic carbocycles. The highest BCUT2D eigenvalue weighted by Gasteiger charge is 2.05. The van der Waals surface area contributed by atoms with Gasteiger partial charge in [0.15, 0.2) is 0 Å². The smallest absolute Gasteiger partial charge is 0.0483 e. The maximum absolute atomic E-state index is 2.22. The molecule has 0 aliphatic rings. The molecule has 0 radical (unpaired) electrons. The van der Waals surface area contributed by atoms with Crippen molar-refractivity contribution in [3.05, 3.63) is 54.4 Å². The van der Waals surface area contributed by atoms with Crippen molar-refractivity contribution in [1.29, 1.82) is 0 Å². The number of nitrogens with zero attached hydrogens (tertiary/aromatic N) is 1. The summed E-state index contributed by atoms with van der Waals surface area (Å²) in [5, 5.41) is 0. The van der Waals surface area contributed by atoms with E-state index in [1.807, 2.05) is 13.8 Å². The molecular formula is C15H21N. The van der Waals surface area contributed by atoms with Crippen LogP contribution in [-0.2, 0) is 0 Å². The molecule has 1 heteroatoms. The minimum atomic E-state index is 0.564. The fraction of sp³-hybridized carbons (Fsp3) is 0.333. The Morgan fingerprint density at radius 1 is 0.875 bits per heavy atom. The first-order chi connectivity index (χ1) is 7.79. The van der Waals surface area contributed by atoms with Crippen molar-refractivity contribution in [3.8, 4) is 5.69 Å². The van der Waals surface area contributed by atoms with Gasteiger partial charge in [-0.05, 0) is 29.7 Å². The van der Waals surface area contributed by atoms with Crippen LogP contribution < -0.4 is 0 Å². The number of aromatic nitrogens is 1. The molecule has 0 N–H and O–H groups in total. The number of hydrogen-bond acceptors (Lipinski definition) is 0. The van der Waals surface area contributed by atoms with E-state index in [1.54, 1.807) is 0 Å². The summed E-state index contributed by atoms with van der Waals surface area (Å²) in [6, 6.07) is 12.6. The summed E-state index contributed by atoms with van der Waals surface area (Å²) in [5.41, 5.74) is 2.68. The van der Waals surface area contributed by atoms with E-state index in [-0.39, 0.29) is 0 Å². The highest BCUT2D eigenvalue weighted by Crippen LogP contribution is 2.22. The first-order valence-electron chi connectivity index (χ1n) is 6.01. The average Bonchev–Trinajstić information content (AvgIpc) is 2.85. The molecule has 1 nitrogen and oxygen atoms in total. The van der Waals surface area contributed by atoms with Crippen molar-refractivity contribution in [2.24, 2.45) is 0 Å². The van der Waals surface area contributed by atoms with Crippen molar-refractivity contribution >= 4 is 0 Å². The van der Waals surface area contributed by atoms with Gasteiger partial charge >= 0.3 is 0 Å². The van der Waals surface area contributed by atoms with E-state index in [9.17, 15) is 0 Å². The largest absolute Gasteiger partial charge is 0.324 e. The Morgan fingerprint density at radius 2 is 1.44 bits per heavy atom. The van der Waals surface area contributed by atoms with Gasteiger partial charge < -0.3 is 4.57 Å². The van der Waals surface area contributed by atoms with E-state index >= 15 is 0 Å². The van der Waals surface area contributed by atoms with Crippen LogP contribution in [0.1, 0.15) is 39.2 Å². The maximum Gasteiger partial charge on any atom is 0.0483 e. The third-order valence-corrected chi connectivity index (χ3v) is 2.44. The molecule has 2 rings (SSSR count). The second-order valence-corrected chi connectivity index (χ2v) is 3.80. The quantitative estimate of drug-likeness (QED) is 0.688. The Hall–Kier alpha value is -1.50. The van der Waals surface area contributed by atoms with Gasteiger partial charge in [-0.3, -0.25) is 0 Å². The lowest BCUT2D eigenvalue weighted by Crippen LogP contribution is -1.98. The molecule has 0 saturated carbocycles. The van der Waals surface area contributed by atoms with E-state index in [2.05, 4.69) is 67.2 Å². The molecule has 0 spiro atoms. The van der Waals surface area contributed by atoms with Crippen LogP contribution in [0.25, 0.3) is 5.69 Å². The second-order valence-electron chi connectivity index (χ2n) is 3.80. The minimum absolute atomic E-state index is 0.564. The zero-order valence-corrected chi connectivity index (χ0v) is 10.6. The van der Waals surface area contributed by atoms with Crippen LogP contribution in [0.2, 0.25) is 0 Å². The van der Waals surface area contributed by atoms with Crippen LogP contribution in [0.4, 0.5) is 0 Å². The molecule has 0 fully saturated rings. The molecule has 0 bridgehead atoms. The molecule has 0 atom stereocenters. The van der Waals surface area contributed by atoms with E-state index in [1.165, 1.54) is 11.3 Å². The van der Waals surface area contributed by atoms with Gasteiger partial charge in [-0.15, -0.1) is 0 Å². The monoisotopic (exact) mass is 215 g/mol. The molecular weight excluding hydrogens is 194 g/mol. The van der Waals surface area contributed by atoms with Crippen LogP contribution in [-0.4, -0.2) is 4.57 Å². The molecule has 86 valence electrons. The first kappa shape index (κ1) is 12.6. The average molecular weight is 215 g/mol. The molecule has 0 amide bonds. The van der Waals surface area contributed by atoms with Gasteiger partial charge in [0.25, 0.3) is 0 Å². The van der Waals surface area contributed by atoms with E-state index in [4.69, 9.17) is 0 Å². The highest BCUT2D eigenvalue weighted by atomic mass is 14.9. The van der Waals surface area contributed by atoms with Gasteiger partial charge in [-0.1, -0.05) is 45.9 Å². The minimum Gasteiger partial charge on any atom is -0.324 e. The Bertz CT molecular complexity index is 399. The molecule has 16 heavy (non-hydrogen) atoms. The predicted molar refractivity (Wildman–Crippen MR) is 71.2 cm³/mol. The van der Waals surface area contributed by atoms with E-state index in [0.29, 0.717) is 5.92 Å². The lowest BCUT2D eigenvalue weighted by molar-refractivity contribution is 0.847. The summed E-state index contributed by atoms with van der Waals surface area (Å²) in [7, 11) is 0. The summed E-state index contributed by atoms with van der Waals surface area (Å²) in [5.74, 6) is 0.564. The molecule has 2 aromatic rings. The maximum atomic E-state index is 2.22. The molecule has 1 aromatic heterocycles. The lowest BCUT2D eigenvalue weighted by Gasteiger charge is -2.13. The van der Waals surface area contributed by atoms with Crippen molar-refractivity contribution in [2.75, 3.05) is 0 Å². The topological polar surface area (TPSA) is 4.93 Å². The van der Waals surface area contributed by atoms with Gasteiger partial charge in [-0.2, -0.15) is 0 Å². The SMILES string of the molecule is CC.CC(C)c1ccccc1-n1cccc1. The third kappa shape index (κ3) is 2.75. The number of rotatable bonds is 2. The first-order valence-corrected chi connectivity index (χ1v) is 6.01. The number of benzene rings is 1. The Kier molecular flexibility index (Phi) is 4.84. The summed E-state index contributed by atoms with van der Waals surface area (Å²) < 4.78 is 2.16. The van der Waals surface area contributed by atoms with Crippen molar-refractivity contribution in [3.63, 3.8) is 0 Å². The molecule has 0 saturated heterocycles. The van der Waals surface area contributed by atoms with Gasteiger partial charge in [-0.25, -0.2) is 0 Å². The van der Waals surface area contributed by atoms with Crippen LogP contribution in [0, 0.1) is 0 Å². The van der Waals surface area contributed by atoms with Gasteiger partial charge in [0.2, 0.25) is 0 Å². The van der Waals surface area contributed by atoms with Gasteiger partial charge in [0.05, 0.1) is 0 Å². The summed E-state index contributed by atoms with van der Waals surface area (Å²) in [6.45, 7) is 8.45. The van der Waals surface area contributed by atoms with Crippen LogP contribution in [0.15, 0.2) is 48.8 Å². The normalized spacial score (nSPS) is 9.81. The van der Waals surface area contributed by atoms with Crippen LogP contribution >= 0.6 is 0 Å². The second kappa shape index (κ2) is 6.16.